The van der Waals surface area contributed by atoms with Gasteiger partial charge in [-0.1, -0.05) is 18.2 Å². The molecule has 80 valence electrons. The van der Waals surface area contributed by atoms with E-state index in [-0.39, 0.29) is 0 Å². The number of benzene rings is 1. The highest BCUT2D eigenvalue weighted by Crippen LogP contribution is 2.27. The minimum absolute atomic E-state index is 0.630. The van der Waals surface area contributed by atoms with E-state index >= 15 is 0 Å². The van der Waals surface area contributed by atoms with E-state index in [0.717, 1.165) is 17.5 Å². The molecular weight excluding hydrogens is 202 g/mol. The molecular formula is C13H11NO2. The molecule has 0 aliphatic carbocycles. The van der Waals surface area contributed by atoms with Crippen LogP contribution in [0.2, 0.25) is 0 Å². The predicted octanol–water partition coefficient (Wildman–Crippen LogP) is 2.57. The lowest BCUT2D eigenvalue weighted by atomic mass is 10.1. The Balaban J connectivity index is 2.53. The summed E-state index contributed by atoms with van der Waals surface area (Å²) >= 11 is 0. The van der Waals surface area contributed by atoms with E-state index < -0.39 is 0 Å². The largest absolute Gasteiger partial charge is 0.494 e. The van der Waals surface area contributed by atoms with Crippen molar-refractivity contribution in [3.05, 3.63) is 48.2 Å². The van der Waals surface area contributed by atoms with Gasteiger partial charge in [0.2, 0.25) is 0 Å². The van der Waals surface area contributed by atoms with Crippen LogP contribution in [0.4, 0.5) is 0 Å². The van der Waals surface area contributed by atoms with Crippen molar-refractivity contribution in [2.24, 2.45) is 0 Å². The smallest absolute Gasteiger partial charge is 0.150 e. The van der Waals surface area contributed by atoms with Crippen molar-refractivity contribution in [1.29, 1.82) is 0 Å². The maximum Gasteiger partial charge on any atom is 0.150 e. The molecule has 0 N–H and O–H groups in total. The first-order valence-electron chi connectivity index (χ1n) is 4.90. The number of ether oxygens (including phenoxy) is 1. The standard InChI is InChI=1S/C13H11NO2/c1-16-12-6-3-7-14-13(12)11-5-2-4-10(8-11)9-15/h2-9H,1H3. The Morgan fingerprint density at radius 1 is 1.25 bits per heavy atom. The first-order valence-corrected chi connectivity index (χ1v) is 4.90. The summed E-state index contributed by atoms with van der Waals surface area (Å²) in [4.78, 5) is 14.9. The average Bonchev–Trinajstić information content (AvgIpc) is 2.38. The van der Waals surface area contributed by atoms with Crippen LogP contribution in [0.25, 0.3) is 11.3 Å². The molecule has 0 saturated carbocycles. The fourth-order valence-electron chi connectivity index (χ4n) is 1.53. The Labute approximate surface area is 93.7 Å². The molecule has 0 saturated heterocycles. The summed E-state index contributed by atoms with van der Waals surface area (Å²) in [7, 11) is 1.60. The maximum absolute atomic E-state index is 10.7. The molecule has 0 spiro atoms. The molecule has 0 atom stereocenters. The highest BCUT2D eigenvalue weighted by molar-refractivity contribution is 5.79. The highest BCUT2D eigenvalue weighted by atomic mass is 16.5. The minimum Gasteiger partial charge on any atom is -0.494 e. The number of methoxy groups -OCH3 is 1. The van der Waals surface area contributed by atoms with Crippen molar-refractivity contribution in [2.75, 3.05) is 7.11 Å². The number of aromatic nitrogens is 1. The van der Waals surface area contributed by atoms with E-state index in [1.165, 1.54) is 0 Å². The number of hydrogen-bond donors (Lipinski definition) is 0. The van der Waals surface area contributed by atoms with Crippen LogP contribution in [-0.4, -0.2) is 18.4 Å². The molecule has 0 unspecified atom stereocenters. The summed E-state index contributed by atoms with van der Waals surface area (Å²) in [5.74, 6) is 0.700. The van der Waals surface area contributed by atoms with Crippen LogP contribution in [0, 0.1) is 0 Å². The van der Waals surface area contributed by atoms with Crippen LogP contribution in [0.1, 0.15) is 10.4 Å². The number of carbonyl (C=O) groups is 1. The van der Waals surface area contributed by atoms with Gasteiger partial charge in [-0.3, -0.25) is 9.78 Å². The lowest BCUT2D eigenvalue weighted by molar-refractivity contribution is 0.112. The Hall–Kier alpha value is -2.16. The third-order valence-corrected chi connectivity index (χ3v) is 2.29. The number of aldehydes is 1. The highest BCUT2D eigenvalue weighted by Gasteiger charge is 2.06. The SMILES string of the molecule is COc1cccnc1-c1cccc(C=O)c1. The third kappa shape index (κ3) is 1.93. The van der Waals surface area contributed by atoms with Gasteiger partial charge in [-0.05, 0) is 18.2 Å². The zero-order valence-corrected chi connectivity index (χ0v) is 8.88. The van der Waals surface area contributed by atoms with Gasteiger partial charge in [-0.2, -0.15) is 0 Å². The lowest BCUT2D eigenvalue weighted by Gasteiger charge is -2.07. The molecule has 3 nitrogen and oxygen atoms in total. The second kappa shape index (κ2) is 4.57. The van der Waals surface area contributed by atoms with Gasteiger partial charge in [0, 0.05) is 17.3 Å². The summed E-state index contributed by atoms with van der Waals surface area (Å²) in [6.45, 7) is 0. The van der Waals surface area contributed by atoms with Gasteiger partial charge in [-0.15, -0.1) is 0 Å². The lowest BCUT2D eigenvalue weighted by Crippen LogP contribution is -1.91. The fourth-order valence-corrected chi connectivity index (χ4v) is 1.53. The Morgan fingerprint density at radius 2 is 2.12 bits per heavy atom. The van der Waals surface area contributed by atoms with Crippen molar-refractivity contribution in [1.82, 2.24) is 4.98 Å². The Morgan fingerprint density at radius 3 is 2.88 bits per heavy atom. The second-order valence-corrected chi connectivity index (χ2v) is 3.30. The van der Waals surface area contributed by atoms with Crippen LogP contribution < -0.4 is 4.74 Å². The number of hydrogen-bond acceptors (Lipinski definition) is 3. The predicted molar refractivity (Wildman–Crippen MR) is 61.6 cm³/mol. The van der Waals surface area contributed by atoms with Gasteiger partial charge in [0.25, 0.3) is 0 Å². The van der Waals surface area contributed by atoms with Crippen molar-refractivity contribution < 1.29 is 9.53 Å². The molecule has 0 bridgehead atoms. The maximum atomic E-state index is 10.7. The molecule has 2 rings (SSSR count). The summed E-state index contributed by atoms with van der Waals surface area (Å²) in [5.41, 5.74) is 2.25. The van der Waals surface area contributed by atoms with Crippen molar-refractivity contribution in [3.63, 3.8) is 0 Å². The van der Waals surface area contributed by atoms with Gasteiger partial charge in [0.1, 0.15) is 17.7 Å². The number of pyridine rings is 1. The molecule has 0 aliphatic rings. The minimum atomic E-state index is 0.630. The molecule has 3 heteroatoms. The molecule has 0 aliphatic heterocycles. The quantitative estimate of drug-likeness (QED) is 0.735. The molecule has 0 radical (unpaired) electrons. The molecule has 1 aromatic carbocycles. The third-order valence-electron chi connectivity index (χ3n) is 2.29. The Kier molecular flexibility index (Phi) is 2.96. The number of rotatable bonds is 3. The van der Waals surface area contributed by atoms with E-state index in [0.29, 0.717) is 11.3 Å². The van der Waals surface area contributed by atoms with Gasteiger partial charge in [-0.25, -0.2) is 0 Å². The van der Waals surface area contributed by atoms with Gasteiger partial charge < -0.3 is 4.74 Å². The summed E-state index contributed by atoms with van der Waals surface area (Å²) < 4.78 is 5.22. The number of nitrogens with zero attached hydrogens (tertiary/aromatic N) is 1. The van der Waals surface area contributed by atoms with E-state index in [1.54, 1.807) is 25.4 Å². The van der Waals surface area contributed by atoms with Crippen LogP contribution in [-0.2, 0) is 0 Å². The summed E-state index contributed by atoms with van der Waals surface area (Å²) in [5, 5.41) is 0. The van der Waals surface area contributed by atoms with Crippen LogP contribution in [0.3, 0.4) is 0 Å². The average molecular weight is 213 g/mol. The monoisotopic (exact) mass is 213 g/mol. The number of carbonyl (C=O) groups excluding carboxylic acids is 1. The van der Waals surface area contributed by atoms with E-state index in [1.807, 2.05) is 24.3 Å². The zero-order chi connectivity index (χ0) is 11.4. The molecule has 16 heavy (non-hydrogen) atoms. The summed E-state index contributed by atoms with van der Waals surface area (Å²) in [6.07, 6.45) is 2.52. The molecule has 2 aromatic rings. The van der Waals surface area contributed by atoms with Crippen molar-refractivity contribution >= 4 is 6.29 Å². The Bertz CT molecular complexity index is 509. The topological polar surface area (TPSA) is 39.2 Å². The molecule has 1 aromatic heterocycles. The van der Waals surface area contributed by atoms with Crippen LogP contribution >= 0.6 is 0 Å². The van der Waals surface area contributed by atoms with E-state index in [4.69, 9.17) is 4.74 Å². The van der Waals surface area contributed by atoms with Crippen molar-refractivity contribution in [2.45, 2.75) is 0 Å². The second-order valence-electron chi connectivity index (χ2n) is 3.30. The van der Waals surface area contributed by atoms with Gasteiger partial charge in [0.15, 0.2) is 0 Å². The fraction of sp³-hybridized carbons (Fsp3) is 0.0769. The van der Waals surface area contributed by atoms with E-state index in [2.05, 4.69) is 4.98 Å². The van der Waals surface area contributed by atoms with Gasteiger partial charge >= 0.3 is 0 Å². The van der Waals surface area contributed by atoms with E-state index in [9.17, 15) is 4.79 Å². The molecule has 0 amide bonds. The van der Waals surface area contributed by atoms with Crippen LogP contribution in [0.15, 0.2) is 42.6 Å². The first kappa shape index (κ1) is 10.4. The summed E-state index contributed by atoms with van der Waals surface area (Å²) in [6, 6.07) is 10.9. The zero-order valence-electron chi connectivity index (χ0n) is 8.88. The van der Waals surface area contributed by atoms with Gasteiger partial charge in [0.05, 0.1) is 7.11 Å². The molecule has 1 heterocycles. The van der Waals surface area contributed by atoms with Crippen molar-refractivity contribution in [3.8, 4) is 17.0 Å². The normalized spacial score (nSPS) is 9.81. The van der Waals surface area contributed by atoms with Crippen LogP contribution in [0.5, 0.6) is 5.75 Å². The molecule has 0 fully saturated rings. The first-order chi connectivity index (χ1) is 7.85.